The van der Waals surface area contributed by atoms with Gasteiger partial charge < -0.3 is 15.4 Å². The van der Waals surface area contributed by atoms with Gasteiger partial charge in [-0.15, -0.1) is 11.3 Å². The number of halogens is 3. The SMILES string of the molecule is COCC(C)NC(=O)c1cc2n(n1)C(C(F)(F)F)CC(c1cccs1)N2. The summed E-state index contributed by atoms with van der Waals surface area (Å²) in [5, 5.41) is 11.4. The zero-order valence-corrected chi connectivity index (χ0v) is 15.0. The van der Waals surface area contributed by atoms with Gasteiger partial charge in [0.25, 0.3) is 5.91 Å². The number of fused-ring (bicyclic) bond motifs is 1. The van der Waals surface area contributed by atoms with Crippen molar-refractivity contribution in [3.63, 3.8) is 0 Å². The second kappa shape index (κ2) is 7.28. The molecule has 0 spiro atoms. The number of hydrogen-bond donors (Lipinski definition) is 2. The average molecular weight is 388 g/mol. The first-order chi connectivity index (χ1) is 12.3. The van der Waals surface area contributed by atoms with E-state index in [2.05, 4.69) is 15.7 Å². The van der Waals surface area contributed by atoms with Crippen LogP contribution in [0.4, 0.5) is 19.0 Å². The van der Waals surface area contributed by atoms with Crippen LogP contribution in [0.5, 0.6) is 0 Å². The number of rotatable bonds is 5. The minimum atomic E-state index is -4.46. The largest absolute Gasteiger partial charge is 0.410 e. The minimum Gasteiger partial charge on any atom is -0.383 e. The Labute approximate surface area is 152 Å². The molecule has 0 aromatic carbocycles. The summed E-state index contributed by atoms with van der Waals surface area (Å²) in [6.07, 6.45) is -4.64. The molecule has 3 heterocycles. The van der Waals surface area contributed by atoms with Gasteiger partial charge in [-0.1, -0.05) is 6.07 Å². The first-order valence-electron chi connectivity index (χ1n) is 8.05. The normalized spacial score (nSPS) is 21.0. The number of ether oxygens (including phenoxy) is 1. The van der Waals surface area contributed by atoms with Crippen molar-refractivity contribution in [1.82, 2.24) is 15.1 Å². The number of methoxy groups -OCH3 is 1. The highest BCUT2D eigenvalue weighted by Gasteiger charge is 2.47. The monoisotopic (exact) mass is 388 g/mol. The topological polar surface area (TPSA) is 68.2 Å². The number of amides is 1. The minimum absolute atomic E-state index is 0.0588. The molecule has 3 unspecified atom stereocenters. The quantitative estimate of drug-likeness (QED) is 0.824. The van der Waals surface area contributed by atoms with Gasteiger partial charge in [0.15, 0.2) is 11.7 Å². The molecule has 2 aromatic rings. The van der Waals surface area contributed by atoms with Gasteiger partial charge >= 0.3 is 6.18 Å². The third-order valence-corrected chi connectivity index (χ3v) is 5.09. The Hall–Kier alpha value is -2.07. The van der Waals surface area contributed by atoms with Gasteiger partial charge in [-0.25, -0.2) is 4.68 Å². The van der Waals surface area contributed by atoms with Crippen molar-refractivity contribution in [2.45, 2.75) is 37.6 Å². The summed E-state index contributed by atoms with van der Waals surface area (Å²) >= 11 is 1.39. The highest BCUT2D eigenvalue weighted by atomic mass is 32.1. The molecule has 0 saturated carbocycles. The highest BCUT2D eigenvalue weighted by molar-refractivity contribution is 7.10. The average Bonchev–Trinajstić information content (AvgIpc) is 3.22. The molecule has 26 heavy (non-hydrogen) atoms. The highest BCUT2D eigenvalue weighted by Crippen LogP contribution is 2.44. The maximum Gasteiger partial charge on any atom is 0.410 e. The molecule has 2 N–H and O–H groups in total. The van der Waals surface area contributed by atoms with Gasteiger partial charge in [0.1, 0.15) is 5.82 Å². The number of nitrogens with zero attached hydrogens (tertiary/aromatic N) is 2. The first-order valence-corrected chi connectivity index (χ1v) is 8.93. The Morgan fingerprint density at radius 2 is 2.35 bits per heavy atom. The van der Waals surface area contributed by atoms with Crippen LogP contribution < -0.4 is 10.6 Å². The number of hydrogen-bond acceptors (Lipinski definition) is 5. The Kier molecular flexibility index (Phi) is 5.24. The van der Waals surface area contributed by atoms with Crippen LogP contribution in [-0.2, 0) is 4.74 Å². The van der Waals surface area contributed by atoms with Crippen LogP contribution >= 0.6 is 11.3 Å². The van der Waals surface area contributed by atoms with Crippen molar-refractivity contribution in [2.24, 2.45) is 0 Å². The number of aromatic nitrogens is 2. The van der Waals surface area contributed by atoms with E-state index in [1.807, 2.05) is 5.38 Å². The summed E-state index contributed by atoms with van der Waals surface area (Å²) in [6.45, 7) is 2.03. The van der Waals surface area contributed by atoms with E-state index in [4.69, 9.17) is 4.74 Å². The zero-order chi connectivity index (χ0) is 18.9. The standard InChI is InChI=1S/C16H19F3N4O2S/c1-9(8-25-2)20-15(24)11-7-14-21-10(12-4-3-5-26-12)6-13(16(17,18)19)23(14)22-11/h3-5,7,9-10,13,21H,6,8H2,1-2H3,(H,20,24). The molecule has 1 amide bonds. The van der Waals surface area contributed by atoms with Crippen molar-refractivity contribution < 1.29 is 22.7 Å². The van der Waals surface area contributed by atoms with Crippen LogP contribution in [0.3, 0.4) is 0 Å². The number of carbonyl (C=O) groups excluding carboxylic acids is 1. The lowest BCUT2D eigenvalue weighted by Gasteiger charge is -2.32. The lowest BCUT2D eigenvalue weighted by atomic mass is 10.0. The van der Waals surface area contributed by atoms with E-state index in [1.54, 1.807) is 19.1 Å². The molecule has 0 saturated heterocycles. The molecule has 142 valence electrons. The number of alkyl halides is 3. The Morgan fingerprint density at radius 3 is 2.96 bits per heavy atom. The van der Waals surface area contributed by atoms with Gasteiger partial charge in [-0.05, 0) is 18.4 Å². The fraction of sp³-hybridized carbons (Fsp3) is 0.500. The van der Waals surface area contributed by atoms with Gasteiger partial charge in [0.2, 0.25) is 0 Å². The molecule has 6 nitrogen and oxygen atoms in total. The maximum absolute atomic E-state index is 13.6. The predicted octanol–water partition coefficient (Wildman–Crippen LogP) is 3.37. The van der Waals surface area contributed by atoms with Gasteiger partial charge in [-0.2, -0.15) is 18.3 Å². The van der Waals surface area contributed by atoms with Crippen LogP contribution in [-0.4, -0.2) is 41.6 Å². The van der Waals surface area contributed by atoms with Crippen LogP contribution in [0, 0.1) is 0 Å². The number of carbonyl (C=O) groups is 1. The van der Waals surface area contributed by atoms with E-state index < -0.39 is 24.2 Å². The van der Waals surface area contributed by atoms with Crippen molar-refractivity contribution >= 4 is 23.1 Å². The van der Waals surface area contributed by atoms with E-state index in [0.717, 1.165) is 9.56 Å². The van der Waals surface area contributed by atoms with Crippen LogP contribution in [0.2, 0.25) is 0 Å². The lowest BCUT2D eigenvalue weighted by molar-refractivity contribution is -0.173. The second-order valence-corrected chi connectivity index (χ2v) is 7.17. The summed E-state index contributed by atoms with van der Waals surface area (Å²) in [4.78, 5) is 13.1. The molecular formula is C16H19F3N4O2S. The first kappa shape index (κ1) is 18.7. The Bertz CT molecular complexity index is 760. The zero-order valence-electron chi connectivity index (χ0n) is 14.2. The molecule has 0 aliphatic carbocycles. The summed E-state index contributed by atoms with van der Waals surface area (Å²) in [5.74, 6) is -0.353. The molecule has 0 bridgehead atoms. The van der Waals surface area contributed by atoms with Crippen molar-refractivity contribution in [2.75, 3.05) is 19.0 Å². The summed E-state index contributed by atoms with van der Waals surface area (Å²) in [6, 6.07) is 2.40. The summed E-state index contributed by atoms with van der Waals surface area (Å²) in [5.41, 5.74) is -0.0588. The van der Waals surface area contributed by atoms with Crippen LogP contribution in [0.15, 0.2) is 23.6 Å². The van der Waals surface area contributed by atoms with Gasteiger partial charge in [0, 0.05) is 30.5 Å². The van der Waals surface area contributed by atoms with E-state index in [1.165, 1.54) is 24.5 Å². The van der Waals surface area contributed by atoms with Crippen LogP contribution in [0.1, 0.15) is 40.8 Å². The molecule has 3 rings (SSSR count). The third-order valence-electron chi connectivity index (χ3n) is 4.10. The maximum atomic E-state index is 13.6. The number of nitrogens with one attached hydrogen (secondary N) is 2. The van der Waals surface area contributed by atoms with E-state index in [0.29, 0.717) is 6.61 Å². The molecule has 0 fully saturated rings. The Balaban J connectivity index is 1.88. The number of anilines is 1. The molecule has 1 aliphatic rings. The van der Waals surface area contributed by atoms with E-state index in [-0.39, 0.29) is 24.0 Å². The van der Waals surface area contributed by atoms with Gasteiger partial charge in [0.05, 0.1) is 12.6 Å². The van der Waals surface area contributed by atoms with Crippen molar-refractivity contribution in [3.8, 4) is 0 Å². The number of thiophene rings is 1. The molecule has 0 radical (unpaired) electrons. The summed E-state index contributed by atoms with van der Waals surface area (Å²) < 4.78 is 46.5. The molecule has 10 heteroatoms. The fourth-order valence-corrected chi connectivity index (χ4v) is 3.74. The van der Waals surface area contributed by atoms with Gasteiger partial charge in [-0.3, -0.25) is 4.79 Å². The smallest absolute Gasteiger partial charge is 0.383 e. The van der Waals surface area contributed by atoms with Crippen LogP contribution in [0.25, 0.3) is 0 Å². The van der Waals surface area contributed by atoms with E-state index in [9.17, 15) is 18.0 Å². The van der Waals surface area contributed by atoms with Crippen molar-refractivity contribution in [1.29, 1.82) is 0 Å². The fourth-order valence-electron chi connectivity index (χ4n) is 2.95. The summed E-state index contributed by atoms with van der Waals surface area (Å²) in [7, 11) is 1.50. The molecule has 2 aromatic heterocycles. The predicted molar refractivity (Wildman–Crippen MR) is 91.4 cm³/mol. The lowest BCUT2D eigenvalue weighted by Crippen LogP contribution is -2.37. The Morgan fingerprint density at radius 1 is 1.58 bits per heavy atom. The molecular weight excluding hydrogens is 369 g/mol. The third kappa shape index (κ3) is 3.85. The van der Waals surface area contributed by atoms with Crippen molar-refractivity contribution in [3.05, 3.63) is 34.2 Å². The molecule has 1 aliphatic heterocycles. The van der Waals surface area contributed by atoms with E-state index >= 15 is 0 Å². The second-order valence-electron chi connectivity index (χ2n) is 6.19. The molecule has 3 atom stereocenters.